The van der Waals surface area contributed by atoms with Crippen LogP contribution in [0.15, 0.2) is 118 Å². The lowest BCUT2D eigenvalue weighted by Gasteiger charge is -2.28. The Morgan fingerprint density at radius 2 is 1.12 bits per heavy atom. The summed E-state index contributed by atoms with van der Waals surface area (Å²) in [6.45, 7) is -1.30. The van der Waals surface area contributed by atoms with Gasteiger partial charge in [0.25, 0.3) is 0 Å². The number of carbonyl (C=O) groups excluding carboxylic acids is 14. The molecule has 0 saturated heterocycles. The molecule has 38 nitrogen and oxygen atoms in total. The minimum absolute atomic E-state index is 0.205. The van der Waals surface area contributed by atoms with E-state index in [1.807, 2.05) is 5.32 Å². The minimum Gasteiger partial charge on any atom is -0.480 e. The number of primary amides is 2. The van der Waals surface area contributed by atoms with E-state index in [2.05, 4.69) is 95.3 Å². The van der Waals surface area contributed by atoms with Crippen molar-refractivity contribution >= 4 is 127 Å². The van der Waals surface area contributed by atoms with Crippen LogP contribution < -0.4 is 75.3 Å². The maximum atomic E-state index is 14.9. The molecule has 2 aliphatic rings. The van der Waals surface area contributed by atoms with E-state index in [4.69, 9.17) is 11.5 Å². The molecular formula is C69H86Br2N16O22. The fourth-order valence-electron chi connectivity index (χ4n) is 11.0. The summed E-state index contributed by atoms with van der Waals surface area (Å²) in [6, 6.07) is -0.766. The van der Waals surface area contributed by atoms with Gasteiger partial charge in [-0.15, -0.1) is 0 Å². The molecule has 0 radical (unpaired) electrons. The van der Waals surface area contributed by atoms with E-state index in [0.29, 0.717) is 26.7 Å². The number of nitrogens with two attached hydrogens (primary N) is 2. The Morgan fingerprint density at radius 3 is 1.73 bits per heavy atom. The first-order valence-electron chi connectivity index (χ1n) is 33.8. The molecular weight excluding hydrogens is 1560 g/mol. The van der Waals surface area contributed by atoms with Gasteiger partial charge in [-0.1, -0.05) is 110 Å². The highest BCUT2D eigenvalue weighted by molar-refractivity contribution is 9.10. The van der Waals surface area contributed by atoms with Crippen LogP contribution in [0.5, 0.6) is 0 Å². The van der Waals surface area contributed by atoms with Crippen molar-refractivity contribution in [2.45, 2.75) is 163 Å². The van der Waals surface area contributed by atoms with E-state index in [-0.39, 0.29) is 18.5 Å². The van der Waals surface area contributed by atoms with Crippen LogP contribution in [0.1, 0.15) is 68.3 Å². The molecule has 23 N–H and O–H groups in total. The number of halogens is 2. The molecule has 2 aliphatic heterocycles. The van der Waals surface area contributed by atoms with Gasteiger partial charge in [-0.2, -0.15) is 0 Å². The third-order valence-electron chi connectivity index (χ3n) is 16.8. The first kappa shape index (κ1) is 87.0. The van der Waals surface area contributed by atoms with E-state index in [1.165, 1.54) is 18.2 Å². The lowest BCUT2D eigenvalue weighted by molar-refractivity contribution is -0.143. The van der Waals surface area contributed by atoms with Gasteiger partial charge in [0.2, 0.25) is 82.7 Å². The van der Waals surface area contributed by atoms with E-state index in [0.717, 1.165) is 28.5 Å². The topological polar surface area (TPSA) is 612 Å². The van der Waals surface area contributed by atoms with Crippen molar-refractivity contribution in [1.82, 2.24) is 73.4 Å². The summed E-state index contributed by atoms with van der Waals surface area (Å²) in [6.07, 6.45) is -7.85. The number of fused-ring (bicyclic) bond motifs is 2. The van der Waals surface area contributed by atoms with Gasteiger partial charge in [-0.3, -0.25) is 67.1 Å². The van der Waals surface area contributed by atoms with Crippen molar-refractivity contribution < 1.29 is 108 Å². The van der Waals surface area contributed by atoms with Crippen LogP contribution in [-0.2, 0) is 97.7 Å². The number of hydrogen-bond acceptors (Lipinski definition) is 22. The molecule has 0 saturated carbocycles. The normalized spacial score (nSPS) is 25.4. The molecule has 15 atom stereocenters. The standard InChI is InChI=1S/C69H86Br2N16O22/c1-33(8-9-35-10-14-38(70)15-11-35)20-51(92)42-27-55(96)78-49(30-88)65(104)83-48-29-87-28-40(75-32-87)23-45(62(101)85-56(34(2)90)67(106)84-50(31-89)66(105)80-44(61(100)79-42)21-36-6-4-3-5-7-36)76-54(95)25-41(91)24-47(69(108)109)77-53(94)18-19-74-60(99)43(22-37-12-16-39(71)17-13-37)82-68(107)57(58(97)59(73)98)86-63(102)46(26-52(72)93)81-64(48)103/h3-17,20,28,32,34,41-51,56-58,88-92,97H,18-19,21-27,29-31H2,1-2H3,(H2,72,93)(H2,73,98)(H,74,99)(H,76,95)(H,77,94)(H,78,96)(H,79,100)(H,80,105)(H,81,103)(H,82,107)(H,83,104)(H,84,106)(H,85,101)(H,86,102)(H,108,109)/b9-8+,33-20+/t34-,41+,42-,43-,44-,45-,46-,47-,48+,49-,50-,51-,56-,57-,58+/m0/s1. The zero-order valence-electron chi connectivity index (χ0n) is 58.6. The fourth-order valence-corrected chi connectivity index (χ4v) is 11.6. The zero-order chi connectivity index (χ0) is 80.3. The number of nitrogens with zero attached hydrogens (tertiary/aromatic N) is 2. The number of rotatable bonds is 16. The zero-order valence-corrected chi connectivity index (χ0v) is 61.8. The molecule has 40 heteroatoms. The predicted molar refractivity (Wildman–Crippen MR) is 388 cm³/mol. The van der Waals surface area contributed by atoms with Crippen molar-refractivity contribution in [3.8, 4) is 0 Å². The fraction of sp³-hybridized carbons (Fsp3) is 0.420. The lowest BCUT2D eigenvalue weighted by atomic mass is 10.0. The number of aliphatic hydroxyl groups excluding tert-OH is 6. The molecule has 0 fully saturated rings. The smallest absolute Gasteiger partial charge is 0.326 e. The quantitative estimate of drug-likeness (QED) is 0.0464. The first-order valence-corrected chi connectivity index (χ1v) is 35.4. The van der Waals surface area contributed by atoms with Gasteiger partial charge in [0.05, 0.1) is 69.0 Å². The van der Waals surface area contributed by atoms with Crippen LogP contribution in [0, 0.1) is 0 Å². The number of carboxylic acid groups (broad SMARTS) is 1. The molecule has 3 aromatic carbocycles. The van der Waals surface area contributed by atoms with Gasteiger partial charge < -0.3 is 116 Å². The number of imidazole rings is 1. The third kappa shape index (κ3) is 28.0. The minimum atomic E-state index is -2.66. The van der Waals surface area contributed by atoms with E-state index in [1.54, 1.807) is 85.8 Å². The molecule has 14 amide bonds. The molecule has 0 spiro atoms. The summed E-state index contributed by atoms with van der Waals surface area (Å²) in [5, 5.41) is 104. The summed E-state index contributed by atoms with van der Waals surface area (Å²) in [5.74, 6) is -20.1. The second kappa shape index (κ2) is 42.0. The number of benzene rings is 3. The molecule has 1 aromatic heterocycles. The molecule has 6 rings (SSSR count). The third-order valence-corrected chi connectivity index (χ3v) is 17.9. The Hall–Kier alpha value is -10.9. The second-order valence-electron chi connectivity index (χ2n) is 25.6. The second-order valence-corrected chi connectivity index (χ2v) is 27.5. The molecule has 588 valence electrons. The van der Waals surface area contributed by atoms with Gasteiger partial charge in [-0.05, 0) is 54.8 Å². The van der Waals surface area contributed by atoms with Crippen molar-refractivity contribution in [2.75, 3.05) is 19.8 Å². The summed E-state index contributed by atoms with van der Waals surface area (Å²) in [4.78, 5) is 214. The number of aliphatic carboxylic acids is 1. The molecule has 109 heavy (non-hydrogen) atoms. The monoisotopic (exact) mass is 1650 g/mol. The number of carbonyl (C=O) groups is 15. The van der Waals surface area contributed by atoms with Crippen LogP contribution in [0.2, 0.25) is 0 Å². The van der Waals surface area contributed by atoms with E-state index in [9.17, 15) is 108 Å². The summed E-state index contributed by atoms with van der Waals surface area (Å²) >= 11 is 6.65. The number of allylic oxidation sites excluding steroid dienone is 2. The Morgan fingerprint density at radius 1 is 0.587 bits per heavy atom. The first-order chi connectivity index (χ1) is 51.6. The van der Waals surface area contributed by atoms with Gasteiger partial charge in [0, 0.05) is 60.2 Å². The summed E-state index contributed by atoms with van der Waals surface area (Å²) < 4.78 is 2.41. The Balaban J connectivity index is 1.49. The van der Waals surface area contributed by atoms with Crippen LogP contribution >= 0.6 is 31.9 Å². The number of aromatic nitrogens is 2. The highest BCUT2D eigenvalue weighted by Gasteiger charge is 2.40. The molecule has 4 bridgehead atoms. The number of carboxylic acids is 1. The maximum Gasteiger partial charge on any atom is 0.326 e. The number of hydrogen-bond donors (Lipinski definition) is 21. The number of aliphatic hydroxyl groups is 6. The highest BCUT2D eigenvalue weighted by atomic mass is 79.9. The number of amides is 14. The molecule has 4 aromatic rings. The molecule has 0 aliphatic carbocycles. The van der Waals surface area contributed by atoms with Gasteiger partial charge in [0.15, 0.2) is 6.10 Å². The maximum absolute atomic E-state index is 14.9. The SMILES string of the molecule is CC(/C=C/c1ccc(Br)cc1)=C\[C@H](O)[C@@H]1CC(=O)N[C@@H](CO)C(=O)N[C@@H]2Cn3cnc(c3)C[C@H](NC(=O)C[C@H](O)C[C@@H](C(=O)O)NC(=O)CCNC(=O)[C@H](Cc3ccc(Br)cc3)NC(=O)[C@H]([C@@H](O)C(N)=O)NC(=O)[C@H](CC(N)=O)NC2=O)C(=O)N[C@@H]([C@H](C)O)C(=O)N[C@@H](CO)C(=O)N[C@@H](Cc2ccccc2)C(=O)N1. The Labute approximate surface area is 638 Å². The van der Waals surface area contributed by atoms with Crippen molar-refractivity contribution in [1.29, 1.82) is 0 Å². The van der Waals surface area contributed by atoms with Gasteiger partial charge in [-0.25, -0.2) is 9.78 Å². The predicted octanol–water partition coefficient (Wildman–Crippen LogP) is -6.97. The van der Waals surface area contributed by atoms with Crippen LogP contribution in [-0.4, -0.2) is 245 Å². The van der Waals surface area contributed by atoms with Crippen molar-refractivity contribution in [3.63, 3.8) is 0 Å². The Bertz CT molecular complexity index is 4020. The molecule has 3 heterocycles. The van der Waals surface area contributed by atoms with Gasteiger partial charge in [0.1, 0.15) is 60.4 Å². The summed E-state index contributed by atoms with van der Waals surface area (Å²) in [7, 11) is 0. The van der Waals surface area contributed by atoms with Crippen LogP contribution in [0.25, 0.3) is 6.08 Å². The largest absolute Gasteiger partial charge is 0.480 e. The van der Waals surface area contributed by atoms with Gasteiger partial charge >= 0.3 is 5.97 Å². The lowest BCUT2D eigenvalue weighted by Crippen LogP contribution is -2.63. The van der Waals surface area contributed by atoms with E-state index >= 15 is 0 Å². The Kier molecular flexibility index (Phi) is 33.6. The highest BCUT2D eigenvalue weighted by Crippen LogP contribution is 2.18. The van der Waals surface area contributed by atoms with Crippen LogP contribution in [0.3, 0.4) is 0 Å². The average Bonchev–Trinajstić information content (AvgIpc) is 1.62. The van der Waals surface area contributed by atoms with Crippen molar-refractivity contribution in [3.05, 3.63) is 140 Å². The molecule has 0 unspecified atom stereocenters. The van der Waals surface area contributed by atoms with Crippen molar-refractivity contribution in [2.24, 2.45) is 11.5 Å². The van der Waals surface area contributed by atoms with Crippen LogP contribution in [0.4, 0.5) is 0 Å². The number of nitrogens with one attached hydrogen (secondary N) is 12. The summed E-state index contributed by atoms with van der Waals surface area (Å²) in [5.41, 5.74) is 12.6. The van der Waals surface area contributed by atoms with E-state index < -0.39 is 244 Å². The average molecular weight is 1650 g/mol.